The van der Waals surface area contributed by atoms with Crippen LogP contribution in [-0.4, -0.2) is 37.9 Å². The number of pyridine rings is 1. The first kappa shape index (κ1) is 16.8. The highest BCUT2D eigenvalue weighted by atomic mass is 32.2. The fourth-order valence-electron chi connectivity index (χ4n) is 3.16. The number of aromatic nitrogens is 1. The summed E-state index contributed by atoms with van der Waals surface area (Å²) < 4.78 is 22.7. The molecule has 1 aliphatic heterocycles. The molecule has 0 amide bonds. The summed E-state index contributed by atoms with van der Waals surface area (Å²) in [5.74, 6) is 1.79. The van der Waals surface area contributed by atoms with E-state index in [2.05, 4.69) is 9.88 Å². The molecule has 0 saturated carbocycles. The third kappa shape index (κ3) is 4.47. The third-order valence-corrected chi connectivity index (χ3v) is 5.17. The zero-order chi connectivity index (χ0) is 17.2. The van der Waals surface area contributed by atoms with Gasteiger partial charge in [0.1, 0.15) is 11.6 Å². The predicted molar refractivity (Wildman–Crippen MR) is 94.9 cm³/mol. The minimum Gasteiger partial charge on any atom is -0.508 e. The Balaban J connectivity index is 1.60. The van der Waals surface area contributed by atoms with E-state index >= 15 is 0 Å². The monoisotopic (exact) mass is 346 g/mol. The molecule has 1 atom stereocenters. The molecule has 128 valence electrons. The quantitative estimate of drug-likeness (QED) is 0.900. The number of hydrogen-bond donors (Lipinski definition) is 1. The first-order valence-corrected chi connectivity index (χ1v) is 10.1. The van der Waals surface area contributed by atoms with Gasteiger partial charge in [-0.05, 0) is 48.1 Å². The van der Waals surface area contributed by atoms with E-state index in [9.17, 15) is 13.5 Å². The van der Waals surface area contributed by atoms with Crippen molar-refractivity contribution in [1.82, 2.24) is 4.98 Å². The molecule has 24 heavy (non-hydrogen) atoms. The number of sulfone groups is 1. The first-order chi connectivity index (χ1) is 11.4. The molecular formula is C18H22N2O3S. The molecule has 3 rings (SSSR count). The fourth-order valence-corrected chi connectivity index (χ4v) is 3.94. The van der Waals surface area contributed by atoms with Gasteiger partial charge in [-0.3, -0.25) is 0 Å². The highest BCUT2D eigenvalue weighted by Crippen LogP contribution is 2.25. The smallest absolute Gasteiger partial charge is 0.151 e. The second-order valence-electron chi connectivity index (χ2n) is 6.57. The van der Waals surface area contributed by atoms with Crippen LogP contribution in [0.2, 0.25) is 0 Å². The second-order valence-corrected chi connectivity index (χ2v) is 8.71. The minimum absolute atomic E-state index is 0.0315. The Bertz CT molecular complexity index is 786. The fraction of sp³-hybridized carbons (Fsp3) is 0.389. The summed E-state index contributed by atoms with van der Waals surface area (Å²) in [5, 5.41) is 9.35. The van der Waals surface area contributed by atoms with E-state index < -0.39 is 9.84 Å². The summed E-state index contributed by atoms with van der Waals surface area (Å²) in [4.78, 5) is 6.67. The standard InChI is InChI=1S/C18H22N2O3S/c1-24(22,23)13-16-4-7-18(19-11-16)20-9-8-15(12-20)10-14-2-5-17(21)6-3-14/h2-7,11,15,21H,8-10,12-13H2,1H3. The van der Waals surface area contributed by atoms with Gasteiger partial charge in [0.05, 0.1) is 5.75 Å². The van der Waals surface area contributed by atoms with E-state index in [1.54, 1.807) is 18.3 Å². The molecule has 2 heterocycles. The van der Waals surface area contributed by atoms with Crippen molar-refractivity contribution in [2.45, 2.75) is 18.6 Å². The van der Waals surface area contributed by atoms with Crippen LogP contribution in [0, 0.1) is 5.92 Å². The number of hydrogen-bond acceptors (Lipinski definition) is 5. The lowest BCUT2D eigenvalue weighted by Crippen LogP contribution is -2.21. The Hall–Kier alpha value is -2.08. The molecule has 1 aliphatic rings. The van der Waals surface area contributed by atoms with Crippen LogP contribution in [0.5, 0.6) is 5.75 Å². The van der Waals surface area contributed by atoms with Gasteiger partial charge in [0, 0.05) is 25.5 Å². The predicted octanol–water partition coefficient (Wildman–Crippen LogP) is 2.40. The average Bonchev–Trinajstić information content (AvgIpc) is 2.97. The molecule has 0 bridgehead atoms. The lowest BCUT2D eigenvalue weighted by Gasteiger charge is -2.18. The molecule has 0 spiro atoms. The van der Waals surface area contributed by atoms with Crippen molar-refractivity contribution in [3.8, 4) is 5.75 Å². The molecule has 1 aromatic heterocycles. The van der Waals surface area contributed by atoms with Crippen molar-refractivity contribution in [1.29, 1.82) is 0 Å². The van der Waals surface area contributed by atoms with Gasteiger partial charge < -0.3 is 10.0 Å². The van der Waals surface area contributed by atoms with E-state index in [4.69, 9.17) is 0 Å². The Morgan fingerprint density at radius 2 is 1.88 bits per heavy atom. The number of phenols is 1. The topological polar surface area (TPSA) is 70.5 Å². The van der Waals surface area contributed by atoms with Gasteiger partial charge in [0.15, 0.2) is 9.84 Å². The Morgan fingerprint density at radius 1 is 1.17 bits per heavy atom. The van der Waals surface area contributed by atoms with Crippen molar-refractivity contribution in [3.63, 3.8) is 0 Å². The normalized spacial score (nSPS) is 18.0. The van der Waals surface area contributed by atoms with E-state index in [-0.39, 0.29) is 5.75 Å². The van der Waals surface area contributed by atoms with Crippen molar-refractivity contribution >= 4 is 15.7 Å². The molecule has 1 aromatic carbocycles. The van der Waals surface area contributed by atoms with Gasteiger partial charge in [-0.25, -0.2) is 13.4 Å². The molecule has 1 fully saturated rings. The molecular weight excluding hydrogens is 324 g/mol. The SMILES string of the molecule is CS(=O)(=O)Cc1ccc(N2CCC(Cc3ccc(O)cc3)C2)nc1. The number of benzene rings is 1. The lowest BCUT2D eigenvalue weighted by atomic mass is 9.99. The highest BCUT2D eigenvalue weighted by Gasteiger charge is 2.23. The number of phenolic OH excluding ortho intramolecular Hbond substituents is 1. The maximum Gasteiger partial charge on any atom is 0.151 e. The summed E-state index contributed by atoms with van der Waals surface area (Å²) >= 11 is 0. The van der Waals surface area contributed by atoms with Crippen LogP contribution in [0.15, 0.2) is 42.6 Å². The molecule has 6 heteroatoms. The van der Waals surface area contributed by atoms with Crippen molar-refractivity contribution in [3.05, 3.63) is 53.7 Å². The number of nitrogens with zero attached hydrogens (tertiary/aromatic N) is 2. The third-order valence-electron chi connectivity index (χ3n) is 4.31. The van der Waals surface area contributed by atoms with Crippen molar-refractivity contribution < 1.29 is 13.5 Å². The van der Waals surface area contributed by atoms with Gasteiger partial charge in [-0.1, -0.05) is 18.2 Å². The lowest BCUT2D eigenvalue weighted by molar-refractivity contribution is 0.474. The summed E-state index contributed by atoms with van der Waals surface area (Å²) in [6, 6.07) is 11.1. The molecule has 5 nitrogen and oxygen atoms in total. The number of rotatable bonds is 5. The van der Waals surface area contributed by atoms with Crippen LogP contribution in [0.3, 0.4) is 0 Å². The average molecular weight is 346 g/mol. The highest BCUT2D eigenvalue weighted by molar-refractivity contribution is 7.89. The molecule has 0 aliphatic carbocycles. The Kier molecular flexibility index (Phi) is 4.76. The molecule has 1 saturated heterocycles. The minimum atomic E-state index is -3.03. The van der Waals surface area contributed by atoms with E-state index in [1.807, 2.05) is 24.3 Å². The van der Waals surface area contributed by atoms with E-state index in [0.29, 0.717) is 11.7 Å². The summed E-state index contributed by atoms with van der Waals surface area (Å²) in [7, 11) is -3.03. The van der Waals surface area contributed by atoms with Crippen molar-refractivity contribution in [2.75, 3.05) is 24.2 Å². The van der Waals surface area contributed by atoms with Gasteiger partial charge in [0.2, 0.25) is 0 Å². The van der Waals surface area contributed by atoms with Crippen LogP contribution >= 0.6 is 0 Å². The van der Waals surface area contributed by atoms with Gasteiger partial charge in [-0.2, -0.15) is 0 Å². The first-order valence-electron chi connectivity index (χ1n) is 8.04. The Labute approximate surface area is 142 Å². The maximum atomic E-state index is 11.3. The van der Waals surface area contributed by atoms with Crippen molar-refractivity contribution in [2.24, 2.45) is 5.92 Å². The second kappa shape index (κ2) is 6.81. The maximum absolute atomic E-state index is 11.3. The van der Waals surface area contributed by atoms with Crippen LogP contribution in [-0.2, 0) is 22.0 Å². The van der Waals surface area contributed by atoms with Gasteiger partial charge in [-0.15, -0.1) is 0 Å². The molecule has 1 N–H and O–H groups in total. The zero-order valence-electron chi connectivity index (χ0n) is 13.7. The van der Waals surface area contributed by atoms with E-state index in [0.717, 1.165) is 37.3 Å². The number of aromatic hydroxyl groups is 1. The molecule has 1 unspecified atom stereocenters. The summed E-state index contributed by atoms with van der Waals surface area (Å²) in [5.41, 5.74) is 1.96. The molecule has 2 aromatic rings. The van der Waals surface area contributed by atoms with Gasteiger partial charge >= 0.3 is 0 Å². The van der Waals surface area contributed by atoms with Crippen LogP contribution in [0.25, 0.3) is 0 Å². The van der Waals surface area contributed by atoms with Crippen LogP contribution < -0.4 is 4.90 Å². The van der Waals surface area contributed by atoms with E-state index in [1.165, 1.54) is 11.8 Å². The van der Waals surface area contributed by atoms with Crippen LogP contribution in [0.4, 0.5) is 5.82 Å². The Morgan fingerprint density at radius 3 is 2.50 bits per heavy atom. The number of anilines is 1. The van der Waals surface area contributed by atoms with Gasteiger partial charge in [0.25, 0.3) is 0 Å². The summed E-state index contributed by atoms with van der Waals surface area (Å²) in [6.45, 7) is 1.90. The largest absolute Gasteiger partial charge is 0.508 e. The molecule has 0 radical (unpaired) electrons. The van der Waals surface area contributed by atoms with Crippen LogP contribution in [0.1, 0.15) is 17.5 Å². The zero-order valence-corrected chi connectivity index (χ0v) is 14.5. The summed E-state index contributed by atoms with van der Waals surface area (Å²) in [6.07, 6.45) is 4.98.